The normalized spacial score (nSPS) is 16.4. The fraction of sp³-hybridized carbons (Fsp3) is 0.381. The van der Waals surface area contributed by atoms with Gasteiger partial charge in [-0.3, -0.25) is 4.79 Å². The van der Waals surface area contributed by atoms with Crippen LogP contribution in [0.2, 0.25) is 0 Å². The van der Waals surface area contributed by atoms with Crippen molar-refractivity contribution < 1.29 is 9.53 Å². The maximum atomic E-state index is 12.3. The monoisotopic (exact) mass is 323 g/mol. The van der Waals surface area contributed by atoms with Gasteiger partial charge in [-0.15, -0.1) is 0 Å². The smallest absolute Gasteiger partial charge is 0.260 e. The molecule has 0 radical (unpaired) electrons. The summed E-state index contributed by atoms with van der Waals surface area (Å²) >= 11 is 0. The fourth-order valence-corrected chi connectivity index (χ4v) is 3.18. The van der Waals surface area contributed by atoms with Gasteiger partial charge < -0.3 is 10.1 Å². The van der Waals surface area contributed by atoms with Crippen molar-refractivity contribution in [3.8, 4) is 16.9 Å². The first-order valence-corrected chi connectivity index (χ1v) is 8.85. The van der Waals surface area contributed by atoms with Crippen LogP contribution in [0, 0.1) is 0 Å². The lowest BCUT2D eigenvalue weighted by Crippen LogP contribution is -2.43. The minimum atomic E-state index is -0.477. The summed E-state index contributed by atoms with van der Waals surface area (Å²) in [5, 5.41) is 3.11. The third-order valence-electron chi connectivity index (χ3n) is 4.60. The van der Waals surface area contributed by atoms with Gasteiger partial charge in [0.05, 0.1) is 0 Å². The predicted molar refractivity (Wildman–Crippen MR) is 97.0 cm³/mol. The maximum absolute atomic E-state index is 12.3. The highest BCUT2D eigenvalue weighted by Gasteiger charge is 2.20. The van der Waals surface area contributed by atoms with Crippen molar-refractivity contribution in [3.05, 3.63) is 54.6 Å². The van der Waals surface area contributed by atoms with E-state index in [2.05, 4.69) is 17.4 Å². The van der Waals surface area contributed by atoms with Crippen molar-refractivity contribution in [1.29, 1.82) is 0 Å². The van der Waals surface area contributed by atoms with Crippen molar-refractivity contribution in [2.75, 3.05) is 0 Å². The number of nitrogens with one attached hydrogen (secondary N) is 1. The number of carbonyl (C=O) groups excluding carboxylic acids is 1. The van der Waals surface area contributed by atoms with Crippen molar-refractivity contribution in [2.45, 2.75) is 51.2 Å². The van der Waals surface area contributed by atoms with E-state index < -0.39 is 6.10 Å². The SMILES string of the molecule is C[C@H](Oc1ccc(-c2ccccc2)cc1)C(=O)NC1CCCCC1. The number of benzene rings is 2. The van der Waals surface area contributed by atoms with Crippen molar-refractivity contribution in [1.82, 2.24) is 5.32 Å². The molecule has 1 amide bonds. The fourth-order valence-electron chi connectivity index (χ4n) is 3.18. The Balaban J connectivity index is 1.56. The van der Waals surface area contributed by atoms with Gasteiger partial charge in [0.25, 0.3) is 5.91 Å². The minimum Gasteiger partial charge on any atom is -0.481 e. The zero-order chi connectivity index (χ0) is 16.8. The second-order valence-corrected chi connectivity index (χ2v) is 6.49. The molecule has 1 aliphatic carbocycles. The second kappa shape index (κ2) is 8.00. The summed E-state index contributed by atoms with van der Waals surface area (Å²) in [5.41, 5.74) is 2.31. The maximum Gasteiger partial charge on any atom is 0.260 e. The van der Waals surface area contributed by atoms with Gasteiger partial charge >= 0.3 is 0 Å². The Morgan fingerprint density at radius 1 is 0.958 bits per heavy atom. The molecule has 2 aromatic rings. The van der Waals surface area contributed by atoms with E-state index in [1.165, 1.54) is 24.8 Å². The van der Waals surface area contributed by atoms with Gasteiger partial charge in [-0.25, -0.2) is 0 Å². The van der Waals surface area contributed by atoms with Gasteiger partial charge in [-0.05, 0) is 43.0 Å². The third-order valence-corrected chi connectivity index (χ3v) is 4.60. The lowest BCUT2D eigenvalue weighted by Gasteiger charge is -2.24. The molecule has 3 heteroatoms. The highest BCUT2D eigenvalue weighted by Crippen LogP contribution is 2.23. The average molecular weight is 323 g/mol. The summed E-state index contributed by atoms with van der Waals surface area (Å²) in [6.45, 7) is 1.81. The Hall–Kier alpha value is -2.29. The number of rotatable bonds is 5. The molecule has 1 saturated carbocycles. The van der Waals surface area contributed by atoms with E-state index in [0.29, 0.717) is 6.04 Å². The molecule has 0 spiro atoms. The molecule has 3 nitrogen and oxygen atoms in total. The van der Waals surface area contributed by atoms with E-state index in [-0.39, 0.29) is 5.91 Å². The molecule has 126 valence electrons. The highest BCUT2D eigenvalue weighted by molar-refractivity contribution is 5.81. The van der Waals surface area contributed by atoms with E-state index in [9.17, 15) is 4.79 Å². The molecule has 0 aliphatic heterocycles. The number of hydrogen-bond donors (Lipinski definition) is 1. The van der Waals surface area contributed by atoms with Crippen LogP contribution >= 0.6 is 0 Å². The molecule has 2 aromatic carbocycles. The first-order valence-electron chi connectivity index (χ1n) is 8.85. The first-order chi connectivity index (χ1) is 11.7. The summed E-state index contributed by atoms with van der Waals surface area (Å²) in [4.78, 5) is 12.3. The molecule has 1 atom stereocenters. The van der Waals surface area contributed by atoms with E-state index in [4.69, 9.17) is 4.74 Å². The van der Waals surface area contributed by atoms with Crippen LogP contribution in [-0.2, 0) is 4.79 Å². The molecule has 1 aliphatic rings. The van der Waals surface area contributed by atoms with Crippen LogP contribution < -0.4 is 10.1 Å². The number of carbonyl (C=O) groups is 1. The Kier molecular flexibility index (Phi) is 5.52. The van der Waals surface area contributed by atoms with E-state index in [1.807, 2.05) is 49.4 Å². The van der Waals surface area contributed by atoms with Crippen LogP contribution in [0.25, 0.3) is 11.1 Å². The lowest BCUT2D eigenvalue weighted by atomic mass is 9.95. The number of hydrogen-bond acceptors (Lipinski definition) is 2. The van der Waals surface area contributed by atoms with Gasteiger partial charge in [0, 0.05) is 6.04 Å². The zero-order valence-electron chi connectivity index (χ0n) is 14.2. The Morgan fingerprint density at radius 3 is 2.25 bits per heavy atom. The highest BCUT2D eigenvalue weighted by atomic mass is 16.5. The molecule has 0 aromatic heterocycles. The topological polar surface area (TPSA) is 38.3 Å². The van der Waals surface area contributed by atoms with Gasteiger partial charge in [-0.1, -0.05) is 61.7 Å². The first kappa shape index (κ1) is 16.6. The van der Waals surface area contributed by atoms with Crippen molar-refractivity contribution in [3.63, 3.8) is 0 Å². The van der Waals surface area contributed by atoms with Crippen molar-refractivity contribution >= 4 is 5.91 Å². The van der Waals surface area contributed by atoms with Crippen LogP contribution in [0.5, 0.6) is 5.75 Å². The van der Waals surface area contributed by atoms with Crippen LogP contribution in [0.4, 0.5) is 0 Å². The molecule has 0 bridgehead atoms. The molecule has 0 saturated heterocycles. The van der Waals surface area contributed by atoms with Crippen LogP contribution in [0.1, 0.15) is 39.0 Å². The Morgan fingerprint density at radius 2 is 1.58 bits per heavy atom. The average Bonchev–Trinajstić information content (AvgIpc) is 2.64. The van der Waals surface area contributed by atoms with Gasteiger partial charge in [0.15, 0.2) is 6.10 Å². The van der Waals surface area contributed by atoms with Crippen LogP contribution in [0.3, 0.4) is 0 Å². The Bertz CT molecular complexity index is 645. The molecule has 1 fully saturated rings. The number of ether oxygens (including phenoxy) is 1. The molecular weight excluding hydrogens is 298 g/mol. The molecular formula is C21H25NO2. The second-order valence-electron chi connectivity index (χ2n) is 6.49. The zero-order valence-corrected chi connectivity index (χ0v) is 14.2. The lowest BCUT2D eigenvalue weighted by molar-refractivity contribution is -0.128. The summed E-state index contributed by atoms with van der Waals surface area (Å²) in [5.74, 6) is 0.704. The van der Waals surface area contributed by atoms with Gasteiger partial charge in [0.2, 0.25) is 0 Å². The van der Waals surface area contributed by atoms with Crippen LogP contribution in [-0.4, -0.2) is 18.1 Å². The number of amides is 1. The van der Waals surface area contributed by atoms with E-state index in [0.717, 1.165) is 24.2 Å². The summed E-state index contributed by atoms with van der Waals surface area (Å²) in [7, 11) is 0. The van der Waals surface area contributed by atoms with Crippen LogP contribution in [0.15, 0.2) is 54.6 Å². The Labute approximate surface area is 144 Å². The molecule has 24 heavy (non-hydrogen) atoms. The standard InChI is InChI=1S/C21H25NO2/c1-16(21(23)22-19-10-6-3-7-11-19)24-20-14-12-18(13-15-20)17-8-4-2-5-9-17/h2,4-5,8-9,12-16,19H,3,6-7,10-11H2,1H3,(H,22,23)/t16-/m0/s1. The molecule has 0 unspecified atom stereocenters. The predicted octanol–water partition coefficient (Wildman–Crippen LogP) is 4.57. The molecule has 0 heterocycles. The summed E-state index contributed by atoms with van der Waals surface area (Å²) < 4.78 is 5.80. The van der Waals surface area contributed by atoms with E-state index >= 15 is 0 Å². The summed E-state index contributed by atoms with van der Waals surface area (Å²) in [6.07, 6.45) is 5.40. The van der Waals surface area contributed by atoms with Gasteiger partial charge in [-0.2, -0.15) is 0 Å². The molecule has 3 rings (SSSR count). The van der Waals surface area contributed by atoms with Gasteiger partial charge in [0.1, 0.15) is 5.75 Å². The quantitative estimate of drug-likeness (QED) is 0.875. The van der Waals surface area contributed by atoms with Crippen molar-refractivity contribution in [2.24, 2.45) is 0 Å². The minimum absolute atomic E-state index is 0.0194. The molecule has 1 N–H and O–H groups in total. The third kappa shape index (κ3) is 4.38. The largest absolute Gasteiger partial charge is 0.481 e. The van der Waals surface area contributed by atoms with E-state index in [1.54, 1.807) is 0 Å². The summed E-state index contributed by atoms with van der Waals surface area (Å²) in [6, 6.07) is 18.4.